The lowest BCUT2D eigenvalue weighted by Crippen LogP contribution is -2.26. The van der Waals surface area contributed by atoms with Crippen molar-refractivity contribution in [3.8, 4) is 0 Å². The second-order valence-corrected chi connectivity index (χ2v) is 2.76. The summed E-state index contributed by atoms with van der Waals surface area (Å²) in [6, 6.07) is 0. The Morgan fingerprint density at radius 3 is 2.64 bits per heavy atom. The van der Waals surface area contributed by atoms with Gasteiger partial charge in [0, 0.05) is 18.9 Å². The van der Waals surface area contributed by atoms with Crippen molar-refractivity contribution in [2.75, 3.05) is 6.61 Å². The zero-order valence-corrected chi connectivity index (χ0v) is 5.99. The van der Waals surface area contributed by atoms with Gasteiger partial charge in [0.15, 0.2) is 0 Å². The monoisotopic (exact) mass is 158 g/mol. The average molecular weight is 158 g/mol. The number of ketones is 1. The molecule has 11 heavy (non-hydrogen) atoms. The maximum atomic E-state index is 10.9. The van der Waals surface area contributed by atoms with Crippen molar-refractivity contribution in [2.45, 2.75) is 12.8 Å². The van der Waals surface area contributed by atoms with E-state index in [0.717, 1.165) is 0 Å². The van der Waals surface area contributed by atoms with Gasteiger partial charge in [0.25, 0.3) is 0 Å². The van der Waals surface area contributed by atoms with E-state index in [9.17, 15) is 9.59 Å². The van der Waals surface area contributed by atoms with Gasteiger partial charge in [-0.1, -0.05) is 0 Å². The highest BCUT2D eigenvalue weighted by Crippen LogP contribution is 2.28. The van der Waals surface area contributed by atoms with Crippen molar-refractivity contribution >= 4 is 11.8 Å². The molecule has 4 nitrogen and oxygen atoms in total. The normalized spacial score (nSPS) is 30.8. The van der Waals surface area contributed by atoms with Crippen LogP contribution in [-0.4, -0.2) is 28.6 Å². The fourth-order valence-corrected chi connectivity index (χ4v) is 1.45. The van der Waals surface area contributed by atoms with Crippen LogP contribution < -0.4 is 0 Å². The number of hydrogen-bond acceptors (Lipinski definition) is 3. The highest BCUT2D eigenvalue weighted by Gasteiger charge is 2.39. The number of aliphatic carboxylic acids is 1. The summed E-state index contributed by atoms with van der Waals surface area (Å²) in [5.41, 5.74) is 0. The first-order valence-corrected chi connectivity index (χ1v) is 3.53. The van der Waals surface area contributed by atoms with E-state index >= 15 is 0 Å². The van der Waals surface area contributed by atoms with Crippen LogP contribution in [0.2, 0.25) is 0 Å². The van der Waals surface area contributed by atoms with Crippen LogP contribution in [0.3, 0.4) is 0 Å². The van der Waals surface area contributed by atoms with Gasteiger partial charge in [-0.15, -0.1) is 0 Å². The summed E-state index contributed by atoms with van der Waals surface area (Å²) in [4.78, 5) is 21.3. The minimum Gasteiger partial charge on any atom is -0.481 e. The van der Waals surface area contributed by atoms with Crippen LogP contribution in [0.4, 0.5) is 0 Å². The highest BCUT2D eigenvalue weighted by molar-refractivity contribution is 6.00. The molecule has 0 aromatic rings. The third kappa shape index (κ3) is 1.40. The Balaban J connectivity index is 2.71. The molecule has 0 amide bonds. The molecular weight excluding hydrogens is 148 g/mol. The quantitative estimate of drug-likeness (QED) is 0.539. The molecule has 2 atom stereocenters. The molecule has 1 saturated carbocycles. The van der Waals surface area contributed by atoms with Crippen molar-refractivity contribution in [2.24, 2.45) is 11.8 Å². The summed E-state index contributed by atoms with van der Waals surface area (Å²) in [6.45, 7) is -0.206. The summed E-state index contributed by atoms with van der Waals surface area (Å²) < 4.78 is 0. The summed E-state index contributed by atoms with van der Waals surface area (Å²) in [6.07, 6.45) is 0.800. The molecule has 2 unspecified atom stereocenters. The SMILES string of the molecule is O=C(O)C1C(=O)CCC1CO. The predicted octanol–water partition coefficient (Wildman–Crippen LogP) is -0.341. The first-order valence-electron chi connectivity index (χ1n) is 3.53. The van der Waals surface area contributed by atoms with E-state index in [0.29, 0.717) is 12.8 Å². The second-order valence-electron chi connectivity index (χ2n) is 2.76. The summed E-state index contributed by atoms with van der Waals surface area (Å²) in [7, 11) is 0. The van der Waals surface area contributed by atoms with Crippen molar-refractivity contribution < 1.29 is 19.8 Å². The third-order valence-corrected chi connectivity index (χ3v) is 2.08. The number of rotatable bonds is 2. The Morgan fingerprint density at radius 2 is 2.27 bits per heavy atom. The van der Waals surface area contributed by atoms with Crippen molar-refractivity contribution in [3.63, 3.8) is 0 Å². The number of aliphatic hydroxyl groups excluding tert-OH is 1. The minimum atomic E-state index is -1.11. The van der Waals surface area contributed by atoms with E-state index in [4.69, 9.17) is 10.2 Å². The molecule has 62 valence electrons. The van der Waals surface area contributed by atoms with Crippen LogP contribution in [-0.2, 0) is 9.59 Å². The lowest BCUT2D eigenvalue weighted by atomic mass is 9.97. The fraction of sp³-hybridized carbons (Fsp3) is 0.714. The van der Waals surface area contributed by atoms with Crippen LogP contribution in [0.1, 0.15) is 12.8 Å². The average Bonchev–Trinajstić information content (AvgIpc) is 2.30. The van der Waals surface area contributed by atoms with Gasteiger partial charge in [-0.05, 0) is 6.42 Å². The van der Waals surface area contributed by atoms with Crippen molar-refractivity contribution in [3.05, 3.63) is 0 Å². The van der Waals surface area contributed by atoms with E-state index in [1.165, 1.54) is 0 Å². The highest BCUT2D eigenvalue weighted by atomic mass is 16.4. The molecule has 0 bridgehead atoms. The topological polar surface area (TPSA) is 74.6 Å². The molecule has 2 N–H and O–H groups in total. The Kier molecular flexibility index (Phi) is 2.24. The molecule has 1 fully saturated rings. The Morgan fingerprint density at radius 1 is 1.64 bits per heavy atom. The number of aliphatic hydroxyl groups is 1. The van der Waals surface area contributed by atoms with Crippen molar-refractivity contribution in [1.82, 2.24) is 0 Å². The number of carboxylic acids is 1. The first-order chi connectivity index (χ1) is 5.16. The van der Waals surface area contributed by atoms with Gasteiger partial charge < -0.3 is 10.2 Å². The molecule has 0 aromatic carbocycles. The van der Waals surface area contributed by atoms with E-state index in [2.05, 4.69) is 0 Å². The van der Waals surface area contributed by atoms with Gasteiger partial charge in [-0.25, -0.2) is 0 Å². The fourth-order valence-electron chi connectivity index (χ4n) is 1.45. The molecule has 0 heterocycles. The third-order valence-electron chi connectivity index (χ3n) is 2.08. The molecule has 0 aromatic heterocycles. The zero-order chi connectivity index (χ0) is 8.43. The molecule has 1 aliphatic rings. The molecular formula is C7H10O4. The van der Waals surface area contributed by atoms with Crippen LogP contribution in [0.25, 0.3) is 0 Å². The Bertz CT molecular complexity index is 187. The van der Waals surface area contributed by atoms with Crippen molar-refractivity contribution in [1.29, 1.82) is 0 Å². The number of Topliss-reactive ketones (excluding diaryl/α,β-unsaturated/α-hetero) is 1. The summed E-state index contributed by atoms with van der Waals surface area (Å²) in [5.74, 6) is -2.68. The second kappa shape index (κ2) is 3.00. The predicted molar refractivity (Wildman–Crippen MR) is 35.9 cm³/mol. The lowest BCUT2D eigenvalue weighted by molar-refractivity contribution is -0.147. The largest absolute Gasteiger partial charge is 0.481 e. The maximum Gasteiger partial charge on any atom is 0.314 e. The molecule has 0 spiro atoms. The molecule has 0 aliphatic heterocycles. The van der Waals surface area contributed by atoms with Gasteiger partial charge in [0.2, 0.25) is 0 Å². The maximum absolute atomic E-state index is 10.9. The smallest absolute Gasteiger partial charge is 0.314 e. The van der Waals surface area contributed by atoms with E-state index in [1.54, 1.807) is 0 Å². The molecule has 0 saturated heterocycles. The van der Waals surface area contributed by atoms with Gasteiger partial charge in [-0.2, -0.15) is 0 Å². The molecule has 4 heteroatoms. The molecule has 1 aliphatic carbocycles. The van der Waals surface area contributed by atoms with Crippen LogP contribution in [0.5, 0.6) is 0 Å². The van der Waals surface area contributed by atoms with Gasteiger partial charge in [0.05, 0.1) is 0 Å². The summed E-state index contributed by atoms with van der Waals surface area (Å²) >= 11 is 0. The van der Waals surface area contributed by atoms with E-state index in [-0.39, 0.29) is 18.3 Å². The van der Waals surface area contributed by atoms with E-state index < -0.39 is 11.9 Å². The standard InChI is InChI=1S/C7H10O4/c8-3-4-1-2-5(9)6(4)7(10)11/h4,6,8H,1-3H2,(H,10,11). The molecule has 1 rings (SSSR count). The lowest BCUT2D eigenvalue weighted by Gasteiger charge is -2.09. The number of hydrogen-bond donors (Lipinski definition) is 2. The van der Waals surface area contributed by atoms with Gasteiger partial charge in [0.1, 0.15) is 11.7 Å². The number of carboxylic acid groups (broad SMARTS) is 1. The Labute approximate surface area is 63.8 Å². The Hall–Kier alpha value is -0.900. The van der Waals surface area contributed by atoms with Crippen LogP contribution in [0.15, 0.2) is 0 Å². The first kappa shape index (κ1) is 8.20. The van der Waals surface area contributed by atoms with Gasteiger partial charge in [-0.3, -0.25) is 9.59 Å². The summed E-state index contributed by atoms with van der Waals surface area (Å²) in [5, 5.41) is 17.2. The molecule has 0 radical (unpaired) electrons. The van der Waals surface area contributed by atoms with E-state index in [1.807, 2.05) is 0 Å². The number of carbonyl (C=O) groups excluding carboxylic acids is 1. The number of carbonyl (C=O) groups is 2. The van der Waals surface area contributed by atoms with Gasteiger partial charge >= 0.3 is 5.97 Å². The van der Waals surface area contributed by atoms with Crippen LogP contribution >= 0.6 is 0 Å². The zero-order valence-electron chi connectivity index (χ0n) is 5.99. The minimum absolute atomic E-state index is 0.206. The van der Waals surface area contributed by atoms with Crippen LogP contribution in [0, 0.1) is 11.8 Å².